The molecule has 0 unspecified atom stereocenters. The van der Waals surface area contributed by atoms with E-state index in [9.17, 15) is 47.7 Å². The van der Waals surface area contributed by atoms with Crippen LogP contribution in [0.3, 0.4) is 0 Å². The van der Waals surface area contributed by atoms with Crippen LogP contribution >= 0.6 is 101 Å². The van der Waals surface area contributed by atoms with Crippen molar-refractivity contribution in [3.05, 3.63) is 338 Å². The summed E-state index contributed by atoms with van der Waals surface area (Å²) < 4.78 is 42.5. The monoisotopic (exact) mass is 2010 g/mol. The SMILES string of the molecule is BrCc1ccccc1.CC(C)(C)OC(=O)Cn1nc(Cl)c2ncn(Cc3ccccc3)c2c1=O.COC(=O)c1nc[nH]c1C(=O)OC.COC(=O)c1ncn(Cc2ccccc2)c1C(=O)OC.Clc1nnc(Cl)c2c1ncn2Cc1ccccc1.NN.O=P(Cl)(Cl)Cl.O=c1[nH][nH]c(=O)c2c1ncn2Cc1ccccc1.O=c1[nH]nc(Cl)c2ncn(Cc3ccccc3)c12.[Na+].[OH-]. The molecule has 0 amide bonds. The van der Waals surface area contributed by atoms with Gasteiger partial charge in [0.15, 0.2) is 48.9 Å². The first-order valence-electron chi connectivity index (χ1n) is 37.2. The number of hydrazine groups is 1. The minimum Gasteiger partial charge on any atom is -0.870 e. The fourth-order valence-corrected chi connectivity index (χ4v) is 12.6. The summed E-state index contributed by atoms with van der Waals surface area (Å²) in [5, 5.41) is 20.7. The molecule has 676 valence electrons. The number of ether oxygens (including phenoxy) is 5. The summed E-state index contributed by atoms with van der Waals surface area (Å²) in [5.74, 6) is 4.81. The molecule has 6 aromatic carbocycles. The van der Waals surface area contributed by atoms with Crippen molar-refractivity contribution in [1.29, 1.82) is 0 Å². The summed E-state index contributed by atoms with van der Waals surface area (Å²) in [4.78, 5) is 132. The molecule has 10 heterocycles. The van der Waals surface area contributed by atoms with Crippen LogP contribution in [0, 0.1) is 0 Å². The van der Waals surface area contributed by atoms with Crippen LogP contribution < -0.4 is 63.5 Å². The number of nitrogens with zero attached hydrogens (tertiary/aromatic N) is 16. The fraction of sp³-hybridized carbons (Fsp3) is 0.183. The Hall–Kier alpha value is -11.9. The first kappa shape index (κ1) is 107. The molecule has 0 fully saturated rings. The third-order valence-corrected chi connectivity index (χ3v) is 18.5. The van der Waals surface area contributed by atoms with Gasteiger partial charge in [0.2, 0.25) is 0 Å². The van der Waals surface area contributed by atoms with Crippen LogP contribution in [-0.2, 0) is 77.6 Å². The van der Waals surface area contributed by atoms with Crippen LogP contribution in [0.15, 0.2) is 239 Å². The summed E-state index contributed by atoms with van der Waals surface area (Å²) in [6.45, 7) is 7.56. The van der Waals surface area contributed by atoms with Crippen LogP contribution in [0.25, 0.3) is 44.1 Å². The molecule has 48 heteroatoms. The van der Waals surface area contributed by atoms with E-state index in [0.29, 0.717) is 76.5 Å². The Labute approximate surface area is 803 Å². The normalized spacial score (nSPS) is 10.4. The molecule has 16 aromatic rings. The van der Waals surface area contributed by atoms with E-state index in [1.165, 1.54) is 53.0 Å². The van der Waals surface area contributed by atoms with E-state index in [4.69, 9.17) is 55.9 Å². The molecule has 0 aliphatic heterocycles. The second kappa shape index (κ2) is 52.7. The molecule has 0 spiro atoms. The second-order valence-corrected chi connectivity index (χ2v) is 35.4. The molecule has 0 atom stereocenters. The van der Waals surface area contributed by atoms with Crippen molar-refractivity contribution < 1.29 is 87.3 Å². The predicted molar refractivity (Wildman–Crippen MR) is 491 cm³/mol. The summed E-state index contributed by atoms with van der Waals surface area (Å²) >= 11 is 41.2. The van der Waals surface area contributed by atoms with Gasteiger partial charge in [0.1, 0.15) is 50.8 Å². The number of aromatic amines is 4. The van der Waals surface area contributed by atoms with Gasteiger partial charge in [0, 0.05) is 38.1 Å². The zero-order valence-electron chi connectivity index (χ0n) is 70.1. The zero-order valence-corrected chi connectivity index (χ0v) is 79.9. The van der Waals surface area contributed by atoms with E-state index in [1.54, 1.807) is 58.0 Å². The number of rotatable bonds is 17. The minimum atomic E-state index is -3.22. The standard InChI is InChI=1S/C18H19ClN4O3.C14H14N2O4.C12H8Cl2N4.C12H9ClN4O.C12H10N4O2.C7H7Br.C7H8N2O4.Cl3OP.H4N2.Na.H2O/c1-18(2,3)26-13(24)10-23-17(25)15-14(16(19)21-23)20-11-22(15)9-12-7-5-4-6-8-12;1-19-13(17)11-12(14(18)20-2)16(9-15-11)8-10-6-4-3-5-7-10;13-11-9-10(12(14)17-16-11)18(7-15-9)6-8-4-2-1-3-5-8;13-11-9-10(12(18)16-15-11)17(7-14-9)6-8-4-2-1-3-5-8;17-11-9-10(12(18)15-14-11)16(7-13-9)6-8-4-2-1-3-5-8;8-6-7-4-2-1-3-5-7;1-12-6(10)4-5(7(11)13-2)9-3-8-4;1-5(2,3)4;1-2;;/h4-8,11H,9-10H2,1-3H3;3-7,9H,8H2,1-2H3;1-5,7H,6H2;1-5,7H,6H2,(H,16,18);1-5,7H,6H2,(H,14,17)(H,15,18);1-5H,6H2;3H,1-2H3,(H,8,9);;1-2H2;;1H2/q;;;;;;;;;+1;/p-1. The number of halogens is 8. The second-order valence-electron chi connectivity index (χ2n) is 26.8. The smallest absolute Gasteiger partial charge is 0.870 e. The molecule has 0 bridgehead atoms. The van der Waals surface area contributed by atoms with Gasteiger partial charge in [-0.2, -0.15) is 10.2 Å². The van der Waals surface area contributed by atoms with E-state index >= 15 is 0 Å². The Bertz CT molecular complexity index is 6650. The summed E-state index contributed by atoms with van der Waals surface area (Å²) in [6, 6.07) is 59.0. The maximum absolute atomic E-state index is 12.8. The molecule has 0 aliphatic rings. The number of methoxy groups -OCH3 is 4. The van der Waals surface area contributed by atoms with Crippen LogP contribution in [0.5, 0.6) is 0 Å². The summed E-state index contributed by atoms with van der Waals surface area (Å²) in [7, 11) is 4.91. The average molecular weight is 2010 g/mol. The van der Waals surface area contributed by atoms with Crippen molar-refractivity contribution in [3.63, 3.8) is 0 Å². The number of carbonyl (C=O) groups excluding carboxylic acids is 5. The number of fused-ring (bicyclic) bond motifs is 4. The van der Waals surface area contributed by atoms with Gasteiger partial charge in [0.25, 0.3) is 22.2 Å². The molecule has 10 aromatic heterocycles. The van der Waals surface area contributed by atoms with E-state index in [1.807, 2.05) is 174 Å². The van der Waals surface area contributed by atoms with Crippen LogP contribution in [-0.4, -0.2) is 167 Å². The van der Waals surface area contributed by atoms with Gasteiger partial charge in [-0.3, -0.25) is 50.4 Å². The van der Waals surface area contributed by atoms with Gasteiger partial charge in [-0.1, -0.05) is 244 Å². The van der Waals surface area contributed by atoms with Gasteiger partial charge < -0.3 is 57.0 Å². The third kappa shape index (κ3) is 31.5. The Balaban J connectivity index is 0.000000234. The Morgan fingerprint density at radius 2 is 0.792 bits per heavy atom. The Morgan fingerprint density at radius 3 is 1.21 bits per heavy atom. The van der Waals surface area contributed by atoms with Gasteiger partial charge in [-0.05, 0) is 87.9 Å². The average Bonchev–Trinajstić information content (AvgIpc) is 1.61. The summed E-state index contributed by atoms with van der Waals surface area (Å²) in [6.07, 6.45) is 8.98. The molecular formula is C82H80BrCl7N22NaO16P. The first-order valence-corrected chi connectivity index (χ1v) is 44.2. The number of benzene rings is 6. The molecule has 0 radical (unpaired) electrons. The van der Waals surface area contributed by atoms with Crippen molar-refractivity contribution in [2.75, 3.05) is 28.4 Å². The number of carbonyl (C=O) groups is 5. The number of nitrogens with two attached hydrogens (primary N) is 2. The molecule has 0 aliphatic carbocycles. The molecule has 9 N–H and O–H groups in total. The van der Waals surface area contributed by atoms with Crippen LogP contribution in [0.1, 0.15) is 96.1 Å². The minimum absolute atomic E-state index is 0. The van der Waals surface area contributed by atoms with Crippen LogP contribution in [0.4, 0.5) is 0 Å². The zero-order chi connectivity index (χ0) is 93.2. The number of H-pyrrole nitrogens is 4. The van der Waals surface area contributed by atoms with E-state index < -0.39 is 51.8 Å². The third-order valence-electron chi connectivity index (χ3n) is 16.9. The summed E-state index contributed by atoms with van der Waals surface area (Å²) in [5.41, 5.74) is 7.66. The topological polar surface area (TPSA) is 521 Å². The number of imidazole rings is 6. The van der Waals surface area contributed by atoms with E-state index in [2.05, 4.69) is 158 Å². The molecule has 0 saturated carbocycles. The number of esters is 5. The Morgan fingerprint density at radius 1 is 0.438 bits per heavy atom. The van der Waals surface area contributed by atoms with Crippen molar-refractivity contribution in [2.24, 2.45) is 11.7 Å². The van der Waals surface area contributed by atoms with Gasteiger partial charge in [-0.25, -0.2) is 58.9 Å². The molecule has 0 saturated heterocycles. The molecule has 130 heavy (non-hydrogen) atoms. The van der Waals surface area contributed by atoms with E-state index in [0.717, 1.165) is 37.8 Å². The van der Waals surface area contributed by atoms with Gasteiger partial charge in [0.05, 0.1) is 66.4 Å². The van der Waals surface area contributed by atoms with Crippen molar-refractivity contribution in [2.45, 2.75) is 71.0 Å². The quantitative estimate of drug-likeness (QED) is 0.00938. The molecular weight excluding hydrogens is 1930 g/mol. The molecule has 16 rings (SSSR count). The van der Waals surface area contributed by atoms with Gasteiger partial charge in [-0.15, -0.1) is 10.2 Å². The number of aromatic nitrogens is 20. The van der Waals surface area contributed by atoms with Crippen molar-refractivity contribution >= 4 is 175 Å². The van der Waals surface area contributed by atoms with Crippen LogP contribution in [0.2, 0.25) is 20.6 Å². The largest absolute Gasteiger partial charge is 1.00 e. The number of nitrogens with one attached hydrogen (secondary N) is 4. The van der Waals surface area contributed by atoms with Crippen molar-refractivity contribution in [3.8, 4) is 0 Å². The van der Waals surface area contributed by atoms with E-state index in [-0.39, 0.29) is 96.4 Å². The number of hydrogen-bond acceptors (Lipinski definition) is 28. The fourth-order valence-electron chi connectivity index (χ4n) is 11.4. The predicted octanol–water partition coefficient (Wildman–Crippen LogP) is 10.6. The molecule has 38 nitrogen and oxygen atoms in total. The maximum Gasteiger partial charge on any atom is 1.00 e. The Kier molecular flexibility index (Phi) is 43.3. The maximum atomic E-state index is 12.8. The first-order chi connectivity index (χ1) is 61.3. The number of alkyl halides is 1. The number of hydrogen-bond donors (Lipinski definition) is 6. The van der Waals surface area contributed by atoms with Gasteiger partial charge >= 0.3 is 64.6 Å². The van der Waals surface area contributed by atoms with Crippen molar-refractivity contribution in [1.82, 2.24) is 98.1 Å².